The van der Waals surface area contributed by atoms with Gasteiger partial charge in [-0.1, -0.05) is 31.3 Å². The highest BCUT2D eigenvalue weighted by molar-refractivity contribution is 7.15. The topological polar surface area (TPSA) is 63.8 Å². The molecule has 0 saturated heterocycles. The van der Waals surface area contributed by atoms with E-state index in [4.69, 9.17) is 5.73 Å². The Morgan fingerprint density at radius 3 is 3.05 bits per heavy atom. The lowest BCUT2D eigenvalue weighted by Gasteiger charge is -2.12. The average molecular weight is 288 g/mol. The van der Waals surface area contributed by atoms with E-state index in [1.807, 2.05) is 6.07 Å². The molecule has 0 fully saturated rings. The highest BCUT2D eigenvalue weighted by Gasteiger charge is 2.23. The molecule has 0 spiro atoms. The second-order valence-electron chi connectivity index (χ2n) is 5.79. The molecule has 1 aromatic heterocycles. The fraction of sp³-hybridized carbons (Fsp3) is 0.467. The van der Waals surface area contributed by atoms with Crippen molar-refractivity contribution in [2.75, 3.05) is 11.1 Å². The first kappa shape index (κ1) is 13.4. The van der Waals surface area contributed by atoms with Crippen LogP contribution in [0.2, 0.25) is 0 Å². The van der Waals surface area contributed by atoms with Gasteiger partial charge in [0.05, 0.1) is 6.04 Å². The average Bonchev–Trinajstić information content (AvgIpc) is 2.97. The van der Waals surface area contributed by atoms with Crippen LogP contribution in [0.1, 0.15) is 42.4 Å². The van der Waals surface area contributed by atoms with Gasteiger partial charge in [0.25, 0.3) is 0 Å². The van der Waals surface area contributed by atoms with Crippen molar-refractivity contribution < 1.29 is 0 Å². The van der Waals surface area contributed by atoms with Crippen LogP contribution in [-0.4, -0.2) is 10.2 Å². The number of aromatic nitrogens is 2. The summed E-state index contributed by atoms with van der Waals surface area (Å²) in [6.45, 7) is 4.40. The molecule has 20 heavy (non-hydrogen) atoms. The van der Waals surface area contributed by atoms with Crippen molar-refractivity contribution in [2.24, 2.45) is 5.92 Å². The van der Waals surface area contributed by atoms with E-state index in [0.29, 0.717) is 12.0 Å². The molecular formula is C15H20N4S. The minimum Gasteiger partial charge on any atom is -0.399 e. The number of nitrogens with zero attached hydrogens (tertiary/aromatic N) is 2. The fourth-order valence-electron chi connectivity index (χ4n) is 2.68. The number of aryl methyl sites for hydroxylation is 1. The van der Waals surface area contributed by atoms with E-state index >= 15 is 0 Å². The van der Waals surface area contributed by atoms with Crippen molar-refractivity contribution in [1.29, 1.82) is 0 Å². The molecule has 3 rings (SSSR count). The van der Waals surface area contributed by atoms with Gasteiger partial charge in [-0.05, 0) is 42.0 Å². The van der Waals surface area contributed by atoms with E-state index in [0.717, 1.165) is 35.1 Å². The van der Waals surface area contributed by atoms with Gasteiger partial charge in [0, 0.05) is 12.1 Å². The molecule has 0 bridgehead atoms. The van der Waals surface area contributed by atoms with Crippen molar-refractivity contribution in [2.45, 2.75) is 39.2 Å². The van der Waals surface area contributed by atoms with Crippen molar-refractivity contribution in [3.63, 3.8) is 0 Å². The van der Waals surface area contributed by atoms with E-state index in [1.54, 1.807) is 11.3 Å². The molecule has 1 atom stereocenters. The van der Waals surface area contributed by atoms with Gasteiger partial charge < -0.3 is 11.1 Å². The zero-order chi connectivity index (χ0) is 14.1. The van der Waals surface area contributed by atoms with Gasteiger partial charge in [-0.25, -0.2) is 0 Å². The summed E-state index contributed by atoms with van der Waals surface area (Å²) >= 11 is 1.67. The minimum atomic E-state index is 0.338. The smallest absolute Gasteiger partial charge is 0.206 e. The number of nitrogens with one attached hydrogen (secondary N) is 1. The maximum absolute atomic E-state index is 5.84. The van der Waals surface area contributed by atoms with Crippen LogP contribution in [0.15, 0.2) is 18.2 Å². The number of hydrogen-bond donors (Lipinski definition) is 2. The van der Waals surface area contributed by atoms with Crippen LogP contribution < -0.4 is 11.1 Å². The minimum absolute atomic E-state index is 0.338. The molecule has 2 aromatic rings. The molecular weight excluding hydrogens is 268 g/mol. The van der Waals surface area contributed by atoms with Crippen LogP contribution in [0.5, 0.6) is 0 Å². The van der Waals surface area contributed by atoms with Gasteiger partial charge in [0.1, 0.15) is 5.01 Å². The van der Waals surface area contributed by atoms with Crippen molar-refractivity contribution in [3.8, 4) is 0 Å². The van der Waals surface area contributed by atoms with Crippen LogP contribution in [0.25, 0.3) is 0 Å². The number of hydrogen-bond acceptors (Lipinski definition) is 5. The molecule has 5 heteroatoms. The Kier molecular flexibility index (Phi) is 3.61. The van der Waals surface area contributed by atoms with Crippen LogP contribution in [0, 0.1) is 5.92 Å². The number of nitrogen functional groups attached to an aromatic ring is 1. The second kappa shape index (κ2) is 5.40. The summed E-state index contributed by atoms with van der Waals surface area (Å²) in [6.07, 6.45) is 3.17. The zero-order valence-corrected chi connectivity index (χ0v) is 12.7. The van der Waals surface area contributed by atoms with Gasteiger partial charge in [-0.2, -0.15) is 0 Å². The van der Waals surface area contributed by atoms with Gasteiger partial charge in [0.15, 0.2) is 0 Å². The standard InChI is InChI=1S/C15H20N4S/c1-9(2)7-14-18-19-15(20-14)17-13-6-3-10-8-11(16)4-5-12(10)13/h4-5,8-9,13H,3,6-7,16H2,1-2H3,(H,17,19). The largest absolute Gasteiger partial charge is 0.399 e. The maximum atomic E-state index is 5.84. The monoisotopic (exact) mass is 288 g/mol. The van der Waals surface area contributed by atoms with Gasteiger partial charge in [-0.3, -0.25) is 0 Å². The Morgan fingerprint density at radius 2 is 2.25 bits per heavy atom. The first-order valence-electron chi connectivity index (χ1n) is 7.09. The molecule has 1 aromatic carbocycles. The quantitative estimate of drug-likeness (QED) is 0.846. The summed E-state index contributed by atoms with van der Waals surface area (Å²) in [5.41, 5.74) is 9.39. The van der Waals surface area contributed by atoms with E-state index in [-0.39, 0.29) is 0 Å². The summed E-state index contributed by atoms with van der Waals surface area (Å²) in [5, 5.41) is 14.1. The third-order valence-corrected chi connectivity index (χ3v) is 4.47. The zero-order valence-electron chi connectivity index (χ0n) is 11.9. The van der Waals surface area contributed by atoms with Crippen LogP contribution in [0.3, 0.4) is 0 Å². The number of benzene rings is 1. The first-order chi connectivity index (χ1) is 9.61. The van der Waals surface area contributed by atoms with E-state index in [9.17, 15) is 0 Å². The normalized spacial score (nSPS) is 17.4. The van der Waals surface area contributed by atoms with Crippen molar-refractivity contribution >= 4 is 22.2 Å². The molecule has 1 heterocycles. The molecule has 0 amide bonds. The van der Waals surface area contributed by atoms with E-state index in [1.165, 1.54) is 11.1 Å². The van der Waals surface area contributed by atoms with Gasteiger partial charge in [0.2, 0.25) is 5.13 Å². The van der Waals surface area contributed by atoms with Gasteiger partial charge >= 0.3 is 0 Å². The second-order valence-corrected chi connectivity index (χ2v) is 6.85. The molecule has 3 N–H and O–H groups in total. The lowest BCUT2D eigenvalue weighted by molar-refractivity contribution is 0.639. The lowest BCUT2D eigenvalue weighted by Crippen LogP contribution is -2.06. The Bertz CT molecular complexity index is 606. The Hall–Kier alpha value is -1.62. The number of rotatable bonds is 4. The molecule has 0 aliphatic heterocycles. The van der Waals surface area contributed by atoms with Crippen molar-refractivity contribution in [3.05, 3.63) is 34.3 Å². The summed E-state index contributed by atoms with van der Waals surface area (Å²) in [7, 11) is 0. The predicted octanol–water partition coefficient (Wildman–Crippen LogP) is 3.42. The highest BCUT2D eigenvalue weighted by atomic mass is 32.1. The molecule has 1 aliphatic rings. The summed E-state index contributed by atoms with van der Waals surface area (Å²) in [6, 6.07) is 6.53. The predicted molar refractivity (Wildman–Crippen MR) is 84.0 cm³/mol. The molecule has 0 saturated carbocycles. The Balaban J connectivity index is 1.72. The number of nitrogens with two attached hydrogens (primary N) is 1. The van der Waals surface area contributed by atoms with Crippen LogP contribution >= 0.6 is 11.3 Å². The third-order valence-electron chi connectivity index (χ3n) is 3.59. The van der Waals surface area contributed by atoms with Crippen LogP contribution in [0.4, 0.5) is 10.8 Å². The molecule has 1 unspecified atom stereocenters. The maximum Gasteiger partial charge on any atom is 0.206 e. The summed E-state index contributed by atoms with van der Waals surface area (Å²) < 4.78 is 0. The summed E-state index contributed by atoms with van der Waals surface area (Å²) in [4.78, 5) is 0. The SMILES string of the molecule is CC(C)Cc1nnc(NC2CCc3cc(N)ccc32)s1. The van der Waals surface area contributed by atoms with Crippen LogP contribution in [-0.2, 0) is 12.8 Å². The molecule has 0 radical (unpaired) electrons. The first-order valence-corrected chi connectivity index (χ1v) is 7.90. The number of fused-ring (bicyclic) bond motifs is 1. The molecule has 106 valence electrons. The number of anilines is 2. The molecule has 1 aliphatic carbocycles. The van der Waals surface area contributed by atoms with E-state index < -0.39 is 0 Å². The summed E-state index contributed by atoms with van der Waals surface area (Å²) in [5.74, 6) is 0.617. The van der Waals surface area contributed by atoms with Crippen molar-refractivity contribution in [1.82, 2.24) is 10.2 Å². The van der Waals surface area contributed by atoms with E-state index in [2.05, 4.69) is 41.5 Å². The Morgan fingerprint density at radius 1 is 1.40 bits per heavy atom. The third kappa shape index (κ3) is 2.77. The molecule has 4 nitrogen and oxygen atoms in total. The van der Waals surface area contributed by atoms with Gasteiger partial charge in [-0.15, -0.1) is 10.2 Å². The lowest BCUT2D eigenvalue weighted by atomic mass is 10.1. The fourth-order valence-corrected chi connectivity index (χ4v) is 3.68. The Labute approximate surface area is 123 Å². The highest BCUT2D eigenvalue weighted by Crippen LogP contribution is 2.35.